The van der Waals surface area contributed by atoms with Crippen molar-refractivity contribution in [2.75, 3.05) is 46.7 Å². The minimum Gasteiger partial charge on any atom is -0.465 e. The van der Waals surface area contributed by atoms with Crippen LogP contribution in [0.3, 0.4) is 0 Å². The lowest BCUT2D eigenvalue weighted by Crippen LogP contribution is -2.52. The van der Waals surface area contributed by atoms with Crippen LogP contribution in [0, 0.1) is 11.3 Å². The SMILES string of the molecule is CN(CCCC(C)(C)CN(C[C@@H](O)[C@H](Cc1ccccc1)NC(=O)O[C@H]1CO[C@H]2OCC[C@H]21)S(=O)(=O)c1cccc2c1OCO2)C(=O)O. The number of fused-ring (bicyclic) bond motifs is 2. The van der Waals surface area contributed by atoms with Crippen molar-refractivity contribution in [1.29, 1.82) is 0 Å². The van der Waals surface area contributed by atoms with Crippen LogP contribution in [0.2, 0.25) is 0 Å². The smallest absolute Gasteiger partial charge is 0.407 e. The molecule has 15 heteroatoms. The zero-order chi connectivity index (χ0) is 34.5. The first kappa shape index (κ1) is 35.7. The van der Waals surface area contributed by atoms with Crippen molar-refractivity contribution in [1.82, 2.24) is 14.5 Å². The highest BCUT2D eigenvalue weighted by molar-refractivity contribution is 7.89. The molecule has 2 aromatic rings. The zero-order valence-corrected chi connectivity index (χ0v) is 28.3. The standard InChI is InChI=1S/C33H45N3O11S/c1-33(2,14-8-15-35(3)32(39)40)20-36(48(41,42)28-12-7-11-26-29(28)46-21-45-26)18-25(37)24(17-22-9-5-4-6-10-22)34-31(38)47-27-19-44-30-23(27)13-16-43-30/h4-7,9-12,23-25,27,30,37H,8,13-21H2,1-3H3,(H,34,38)(H,39,40)/t23-,24-,25+,27-,30+/m0/s1. The number of carboxylic acid groups (broad SMARTS) is 1. The summed E-state index contributed by atoms with van der Waals surface area (Å²) in [6.45, 7) is 4.26. The van der Waals surface area contributed by atoms with E-state index in [9.17, 15) is 28.2 Å². The van der Waals surface area contributed by atoms with Crippen LogP contribution in [0.5, 0.6) is 11.5 Å². The summed E-state index contributed by atoms with van der Waals surface area (Å²) < 4.78 is 57.8. The molecule has 2 amide bonds. The van der Waals surface area contributed by atoms with Crippen LogP contribution in [0.15, 0.2) is 53.4 Å². The Bertz CT molecular complexity index is 1520. The summed E-state index contributed by atoms with van der Waals surface area (Å²) in [6.07, 6.45) is -2.19. The number of ether oxygens (including phenoxy) is 5. The number of aliphatic hydroxyl groups is 1. The first-order valence-corrected chi connectivity index (χ1v) is 17.5. The van der Waals surface area contributed by atoms with Gasteiger partial charge in [-0.3, -0.25) is 0 Å². The molecule has 0 saturated carbocycles. The minimum absolute atomic E-state index is 0.0152. The molecule has 48 heavy (non-hydrogen) atoms. The van der Waals surface area contributed by atoms with Crippen LogP contribution < -0.4 is 14.8 Å². The summed E-state index contributed by atoms with van der Waals surface area (Å²) in [5.41, 5.74) is 0.185. The molecule has 0 unspecified atom stereocenters. The number of amides is 2. The summed E-state index contributed by atoms with van der Waals surface area (Å²) in [5.74, 6) is 0.309. The molecule has 0 spiro atoms. The highest BCUT2D eigenvalue weighted by Gasteiger charge is 2.44. The van der Waals surface area contributed by atoms with Crippen molar-refractivity contribution >= 4 is 22.2 Å². The van der Waals surface area contributed by atoms with Crippen LogP contribution in [-0.4, -0.2) is 111 Å². The summed E-state index contributed by atoms with van der Waals surface area (Å²) >= 11 is 0. The predicted octanol–water partition coefficient (Wildman–Crippen LogP) is 3.28. The second-order valence-electron chi connectivity index (χ2n) is 13.2. The minimum atomic E-state index is -4.28. The zero-order valence-electron chi connectivity index (χ0n) is 27.4. The average molecular weight is 692 g/mol. The van der Waals surface area contributed by atoms with Crippen LogP contribution in [0.1, 0.15) is 38.7 Å². The second-order valence-corrected chi connectivity index (χ2v) is 15.1. The van der Waals surface area contributed by atoms with Crippen LogP contribution in [0.4, 0.5) is 9.59 Å². The number of para-hydroxylation sites is 1. The van der Waals surface area contributed by atoms with E-state index in [1.54, 1.807) is 12.1 Å². The Kier molecular flexibility index (Phi) is 11.4. The molecule has 14 nitrogen and oxygen atoms in total. The van der Waals surface area contributed by atoms with E-state index in [2.05, 4.69) is 5.32 Å². The molecule has 3 aliphatic rings. The summed E-state index contributed by atoms with van der Waals surface area (Å²) in [7, 11) is -2.81. The van der Waals surface area contributed by atoms with Crippen molar-refractivity contribution in [2.24, 2.45) is 11.3 Å². The maximum Gasteiger partial charge on any atom is 0.407 e. The van der Waals surface area contributed by atoms with Crippen molar-refractivity contribution in [3.05, 3.63) is 54.1 Å². The topological polar surface area (TPSA) is 173 Å². The Morgan fingerprint density at radius 1 is 1.10 bits per heavy atom. The third-order valence-electron chi connectivity index (χ3n) is 8.96. The fourth-order valence-corrected chi connectivity index (χ4v) is 8.09. The Hall–Kier alpha value is -3.63. The van der Waals surface area contributed by atoms with Crippen molar-refractivity contribution < 1.29 is 51.9 Å². The molecule has 0 bridgehead atoms. The van der Waals surface area contributed by atoms with Gasteiger partial charge in [0, 0.05) is 26.7 Å². The van der Waals surface area contributed by atoms with Crippen LogP contribution in [-0.2, 0) is 30.7 Å². The van der Waals surface area contributed by atoms with Gasteiger partial charge < -0.3 is 44.1 Å². The van der Waals surface area contributed by atoms with Crippen LogP contribution >= 0.6 is 0 Å². The molecule has 2 aromatic carbocycles. The Labute approximate surface area is 280 Å². The van der Waals surface area contributed by atoms with Gasteiger partial charge >= 0.3 is 12.2 Å². The lowest BCUT2D eigenvalue weighted by Gasteiger charge is -2.35. The maximum absolute atomic E-state index is 14.4. The lowest BCUT2D eigenvalue weighted by molar-refractivity contribution is -0.0907. The van der Waals surface area contributed by atoms with Gasteiger partial charge in [-0.25, -0.2) is 18.0 Å². The van der Waals surface area contributed by atoms with Gasteiger partial charge in [0.1, 0.15) is 11.0 Å². The van der Waals surface area contributed by atoms with E-state index in [1.165, 1.54) is 22.3 Å². The number of rotatable bonds is 15. The van der Waals surface area contributed by atoms with Crippen molar-refractivity contribution in [2.45, 2.75) is 69.0 Å². The lowest BCUT2D eigenvalue weighted by atomic mass is 9.87. The molecule has 0 radical (unpaired) electrons. The highest BCUT2D eigenvalue weighted by Crippen LogP contribution is 2.40. The summed E-state index contributed by atoms with van der Waals surface area (Å²) in [6, 6.07) is 12.9. The first-order chi connectivity index (χ1) is 22.8. The number of nitrogens with zero attached hydrogens (tertiary/aromatic N) is 2. The molecular weight excluding hydrogens is 646 g/mol. The third kappa shape index (κ3) is 8.69. The molecule has 2 fully saturated rings. The van der Waals surface area contributed by atoms with E-state index in [4.69, 9.17) is 23.7 Å². The monoisotopic (exact) mass is 691 g/mol. The second kappa shape index (κ2) is 15.3. The number of carbonyl (C=O) groups excluding carboxylic acids is 1. The molecule has 264 valence electrons. The van der Waals surface area contributed by atoms with E-state index in [0.29, 0.717) is 31.6 Å². The molecule has 0 aromatic heterocycles. The summed E-state index contributed by atoms with van der Waals surface area (Å²) in [4.78, 5) is 25.6. The maximum atomic E-state index is 14.4. The molecule has 3 heterocycles. The Balaban J connectivity index is 1.38. The van der Waals surface area contributed by atoms with Gasteiger partial charge in [0.2, 0.25) is 16.8 Å². The largest absolute Gasteiger partial charge is 0.465 e. The number of nitrogens with one attached hydrogen (secondary N) is 1. The number of hydrogen-bond acceptors (Lipinski definition) is 10. The van der Waals surface area contributed by atoms with Gasteiger partial charge in [0.25, 0.3) is 0 Å². The molecule has 2 saturated heterocycles. The van der Waals surface area contributed by atoms with Gasteiger partial charge in [-0.1, -0.05) is 50.2 Å². The van der Waals surface area contributed by atoms with Gasteiger partial charge in [0.05, 0.1) is 31.3 Å². The van der Waals surface area contributed by atoms with E-state index in [0.717, 1.165) is 5.56 Å². The van der Waals surface area contributed by atoms with E-state index < -0.39 is 52.2 Å². The molecular formula is C33H45N3O11S. The van der Waals surface area contributed by atoms with Gasteiger partial charge in [-0.15, -0.1) is 0 Å². The Morgan fingerprint density at radius 3 is 2.62 bits per heavy atom. The molecule has 3 N–H and O–H groups in total. The van der Waals surface area contributed by atoms with E-state index in [1.807, 2.05) is 44.2 Å². The van der Waals surface area contributed by atoms with E-state index >= 15 is 0 Å². The number of aliphatic hydroxyl groups excluding tert-OH is 1. The molecule has 5 rings (SSSR count). The molecule has 0 aliphatic carbocycles. The molecule has 3 aliphatic heterocycles. The third-order valence-corrected chi connectivity index (χ3v) is 10.8. The summed E-state index contributed by atoms with van der Waals surface area (Å²) in [5, 5.41) is 23.8. The van der Waals surface area contributed by atoms with E-state index in [-0.39, 0.29) is 56.0 Å². The number of alkyl carbamates (subject to hydrolysis) is 1. The number of benzene rings is 2. The predicted molar refractivity (Wildman–Crippen MR) is 172 cm³/mol. The highest BCUT2D eigenvalue weighted by atomic mass is 32.2. The van der Waals surface area contributed by atoms with Gasteiger partial charge in [0.15, 0.2) is 17.8 Å². The normalized spacial score (nSPS) is 21.5. The Morgan fingerprint density at radius 2 is 1.88 bits per heavy atom. The fraction of sp³-hybridized carbons (Fsp3) is 0.576. The van der Waals surface area contributed by atoms with Gasteiger partial charge in [-0.2, -0.15) is 4.31 Å². The number of sulfonamides is 1. The fourth-order valence-electron chi connectivity index (χ4n) is 6.30. The van der Waals surface area contributed by atoms with Gasteiger partial charge in [-0.05, 0) is 48.8 Å². The number of carbonyl (C=O) groups is 2. The first-order valence-electron chi connectivity index (χ1n) is 16.1. The number of hydrogen-bond donors (Lipinski definition) is 3. The van der Waals surface area contributed by atoms with Crippen molar-refractivity contribution in [3.63, 3.8) is 0 Å². The average Bonchev–Trinajstić information content (AvgIpc) is 3.79. The molecule has 5 atom stereocenters. The van der Waals surface area contributed by atoms with Crippen molar-refractivity contribution in [3.8, 4) is 11.5 Å². The van der Waals surface area contributed by atoms with Crippen LogP contribution in [0.25, 0.3) is 0 Å². The quantitative estimate of drug-likeness (QED) is 0.250.